The maximum atomic E-state index is 12.7. The standard InChI is InChI=1S/C25H35N7O2/c1-30(21-7-4-19(26)16-21)20-5-2-18-15-22(6-3-17(18)14-20)32-11-8-23(29-25(32)34)28-24(33)31-12-9-27-10-13-31/h3,6,8,11,15,19-21,27H,2,4-5,7,9-10,12-14,16,26H2,1H3,(H,28,29,33,34)/t19-,20?,21-/m0/s1. The van der Waals surface area contributed by atoms with E-state index in [1.807, 2.05) is 6.07 Å². The number of anilines is 1. The van der Waals surface area contributed by atoms with Gasteiger partial charge in [0.2, 0.25) is 0 Å². The van der Waals surface area contributed by atoms with Crippen LogP contribution in [0.25, 0.3) is 5.69 Å². The summed E-state index contributed by atoms with van der Waals surface area (Å²) in [5.41, 5.74) is 9.20. The molecule has 2 fully saturated rings. The summed E-state index contributed by atoms with van der Waals surface area (Å²) in [5.74, 6) is 0.278. The fourth-order valence-electron chi connectivity index (χ4n) is 5.61. The van der Waals surface area contributed by atoms with E-state index in [1.165, 1.54) is 17.5 Å². The number of fused-ring (bicyclic) bond motifs is 1. The van der Waals surface area contributed by atoms with Gasteiger partial charge in [-0.2, -0.15) is 4.98 Å². The molecule has 1 aromatic carbocycles. The van der Waals surface area contributed by atoms with Crippen molar-refractivity contribution < 1.29 is 4.79 Å². The van der Waals surface area contributed by atoms with E-state index in [0.717, 1.165) is 50.9 Å². The molecule has 5 rings (SSSR count). The van der Waals surface area contributed by atoms with E-state index in [0.29, 0.717) is 31.2 Å². The lowest BCUT2D eigenvalue weighted by molar-refractivity contribution is 0.159. The number of nitrogens with one attached hydrogen (secondary N) is 2. The highest BCUT2D eigenvalue weighted by molar-refractivity contribution is 5.88. The van der Waals surface area contributed by atoms with Crippen molar-refractivity contribution in [2.75, 3.05) is 38.5 Å². The number of aromatic nitrogens is 2. The normalized spacial score (nSPS) is 24.8. The van der Waals surface area contributed by atoms with E-state index in [1.54, 1.807) is 21.7 Å². The van der Waals surface area contributed by atoms with E-state index in [-0.39, 0.29) is 11.8 Å². The van der Waals surface area contributed by atoms with E-state index in [2.05, 4.69) is 39.7 Å². The number of nitrogens with zero attached hydrogens (tertiary/aromatic N) is 4. The van der Waals surface area contributed by atoms with Crippen LogP contribution in [0.4, 0.5) is 10.6 Å². The summed E-state index contributed by atoms with van der Waals surface area (Å²) in [7, 11) is 2.25. The average Bonchev–Trinajstić information content (AvgIpc) is 3.30. The molecule has 9 heteroatoms. The Morgan fingerprint density at radius 1 is 1.15 bits per heavy atom. The molecule has 2 amide bonds. The number of hydrogen-bond acceptors (Lipinski definition) is 6. The average molecular weight is 466 g/mol. The third-order valence-electron chi connectivity index (χ3n) is 7.71. The van der Waals surface area contributed by atoms with Gasteiger partial charge in [-0.25, -0.2) is 9.59 Å². The number of rotatable bonds is 4. The second-order valence-corrected chi connectivity index (χ2v) is 9.87. The van der Waals surface area contributed by atoms with E-state index in [4.69, 9.17) is 5.73 Å². The quantitative estimate of drug-likeness (QED) is 0.629. The van der Waals surface area contributed by atoms with Crippen molar-refractivity contribution in [1.29, 1.82) is 0 Å². The molecule has 0 radical (unpaired) electrons. The molecule has 3 aliphatic rings. The first-order chi connectivity index (χ1) is 16.5. The molecule has 2 aliphatic carbocycles. The second kappa shape index (κ2) is 9.85. The fraction of sp³-hybridized carbons (Fsp3) is 0.560. The largest absolute Gasteiger partial charge is 0.354 e. The third kappa shape index (κ3) is 4.87. The molecule has 2 heterocycles. The summed E-state index contributed by atoms with van der Waals surface area (Å²) in [6, 6.07) is 9.19. The molecule has 0 bridgehead atoms. The summed E-state index contributed by atoms with van der Waals surface area (Å²) < 4.78 is 1.54. The summed E-state index contributed by atoms with van der Waals surface area (Å²) in [5, 5.41) is 5.96. The van der Waals surface area contributed by atoms with Gasteiger partial charge in [-0.3, -0.25) is 9.88 Å². The topological polar surface area (TPSA) is 109 Å². The number of nitrogens with two attached hydrogens (primary N) is 1. The van der Waals surface area contributed by atoms with Gasteiger partial charge in [0.1, 0.15) is 5.82 Å². The molecule has 2 aromatic rings. The van der Waals surface area contributed by atoms with Crippen LogP contribution in [0.15, 0.2) is 35.3 Å². The molecule has 1 aliphatic heterocycles. The minimum Gasteiger partial charge on any atom is -0.328 e. The number of hydrogen-bond donors (Lipinski definition) is 3. The molecule has 0 spiro atoms. The van der Waals surface area contributed by atoms with Crippen LogP contribution < -0.4 is 22.1 Å². The first kappa shape index (κ1) is 23.0. The number of piperazine rings is 1. The molecular formula is C25H35N7O2. The molecular weight excluding hydrogens is 430 g/mol. The van der Waals surface area contributed by atoms with Crippen molar-refractivity contribution in [2.24, 2.45) is 5.73 Å². The number of carbonyl (C=O) groups is 1. The fourth-order valence-corrected chi connectivity index (χ4v) is 5.61. The molecule has 1 unspecified atom stereocenters. The lowest BCUT2D eigenvalue weighted by atomic mass is 9.86. The zero-order valence-corrected chi connectivity index (χ0v) is 19.9. The van der Waals surface area contributed by atoms with Gasteiger partial charge in [0.15, 0.2) is 0 Å². The number of amides is 2. The van der Waals surface area contributed by atoms with Gasteiger partial charge in [-0.15, -0.1) is 0 Å². The van der Waals surface area contributed by atoms with Gasteiger partial charge < -0.3 is 20.9 Å². The Hall–Kier alpha value is -2.75. The van der Waals surface area contributed by atoms with Crippen molar-refractivity contribution >= 4 is 11.8 Å². The van der Waals surface area contributed by atoms with Crippen LogP contribution in [0.3, 0.4) is 0 Å². The zero-order chi connectivity index (χ0) is 23.7. The van der Waals surface area contributed by atoms with Gasteiger partial charge >= 0.3 is 11.7 Å². The number of likely N-dealkylation sites (N-methyl/N-ethyl adjacent to an activating group) is 1. The molecule has 1 aromatic heterocycles. The predicted octanol–water partition coefficient (Wildman–Crippen LogP) is 1.34. The number of urea groups is 1. The highest BCUT2D eigenvalue weighted by atomic mass is 16.2. The van der Waals surface area contributed by atoms with E-state index in [9.17, 15) is 9.59 Å². The number of benzene rings is 1. The summed E-state index contributed by atoms with van der Waals surface area (Å²) in [4.78, 5) is 33.5. The van der Waals surface area contributed by atoms with Crippen LogP contribution in [0, 0.1) is 0 Å². The van der Waals surface area contributed by atoms with Gasteiger partial charge in [0.05, 0.1) is 5.69 Å². The summed E-state index contributed by atoms with van der Waals surface area (Å²) in [6.45, 7) is 2.82. The van der Waals surface area contributed by atoms with Gasteiger partial charge in [-0.05, 0) is 74.9 Å². The van der Waals surface area contributed by atoms with Crippen LogP contribution in [-0.4, -0.2) is 76.7 Å². The lowest BCUT2D eigenvalue weighted by Gasteiger charge is -2.36. The van der Waals surface area contributed by atoms with Crippen LogP contribution in [0.2, 0.25) is 0 Å². The Morgan fingerprint density at radius 3 is 2.71 bits per heavy atom. The SMILES string of the molecule is CN(C1CCc2cc(-n3ccc(NC(=O)N4CCNCC4)nc3=O)ccc2C1)[C@H]1CC[C@H](N)C1. The monoisotopic (exact) mass is 465 g/mol. The molecule has 182 valence electrons. The smallest absolute Gasteiger partial charge is 0.328 e. The van der Waals surface area contributed by atoms with Crippen molar-refractivity contribution in [3.05, 3.63) is 52.1 Å². The number of carbonyl (C=O) groups excluding carboxylic acids is 1. The van der Waals surface area contributed by atoms with Gasteiger partial charge in [0.25, 0.3) is 0 Å². The van der Waals surface area contributed by atoms with Crippen LogP contribution in [0.5, 0.6) is 0 Å². The molecule has 34 heavy (non-hydrogen) atoms. The Kier molecular flexibility index (Phi) is 6.67. The summed E-state index contributed by atoms with van der Waals surface area (Å²) in [6.07, 6.45) is 8.25. The first-order valence-electron chi connectivity index (χ1n) is 12.4. The van der Waals surface area contributed by atoms with Crippen molar-refractivity contribution in [1.82, 2.24) is 24.7 Å². The Labute approximate surface area is 200 Å². The van der Waals surface area contributed by atoms with E-state index >= 15 is 0 Å². The van der Waals surface area contributed by atoms with Gasteiger partial charge in [-0.1, -0.05) is 6.07 Å². The van der Waals surface area contributed by atoms with Gasteiger partial charge in [0, 0.05) is 50.5 Å². The Morgan fingerprint density at radius 2 is 1.97 bits per heavy atom. The van der Waals surface area contributed by atoms with Crippen molar-refractivity contribution in [3.63, 3.8) is 0 Å². The lowest BCUT2D eigenvalue weighted by Crippen LogP contribution is -2.48. The minimum atomic E-state index is -0.399. The molecule has 1 saturated heterocycles. The maximum Gasteiger partial charge on any atom is 0.354 e. The third-order valence-corrected chi connectivity index (χ3v) is 7.71. The number of aryl methyl sites for hydroxylation is 1. The van der Waals surface area contributed by atoms with Crippen molar-refractivity contribution in [2.45, 2.75) is 56.7 Å². The minimum absolute atomic E-state index is 0.223. The molecule has 1 saturated carbocycles. The molecule has 4 N–H and O–H groups in total. The van der Waals surface area contributed by atoms with E-state index < -0.39 is 5.69 Å². The Balaban J connectivity index is 1.26. The predicted molar refractivity (Wildman–Crippen MR) is 132 cm³/mol. The van der Waals surface area contributed by atoms with Crippen LogP contribution in [-0.2, 0) is 12.8 Å². The highest BCUT2D eigenvalue weighted by Gasteiger charge is 2.31. The van der Waals surface area contributed by atoms with Crippen LogP contribution in [0.1, 0.15) is 36.8 Å². The second-order valence-electron chi connectivity index (χ2n) is 9.87. The summed E-state index contributed by atoms with van der Waals surface area (Å²) >= 11 is 0. The maximum absolute atomic E-state index is 12.7. The Bertz CT molecular complexity index is 1090. The van der Waals surface area contributed by atoms with Crippen LogP contribution >= 0.6 is 0 Å². The first-order valence-corrected chi connectivity index (χ1v) is 12.4. The highest BCUT2D eigenvalue weighted by Crippen LogP contribution is 2.30. The molecule has 9 nitrogen and oxygen atoms in total. The molecule has 3 atom stereocenters. The van der Waals surface area contributed by atoms with Crippen molar-refractivity contribution in [3.8, 4) is 5.69 Å². The zero-order valence-electron chi connectivity index (χ0n) is 19.9.